The van der Waals surface area contributed by atoms with Crippen LogP contribution in [-0.4, -0.2) is 52.0 Å². The summed E-state index contributed by atoms with van der Waals surface area (Å²) in [6, 6.07) is 0. The van der Waals surface area contributed by atoms with Crippen molar-refractivity contribution in [2.75, 3.05) is 0 Å². The molecule has 0 aromatic rings. The average molecular weight is 564 g/mol. The SMILES string of the molecule is [B]C(F)(CCC)C(F)(P)C([B])(F)C(F)(I)OC(P)(C(C)(C)F)C(C)(P)P. The van der Waals surface area contributed by atoms with Crippen LogP contribution in [0.2, 0.25) is 0 Å². The van der Waals surface area contributed by atoms with E-state index in [1.54, 1.807) is 0 Å². The maximum Gasteiger partial charge on any atom is 0.290 e. The van der Waals surface area contributed by atoms with Gasteiger partial charge in [-0.25, -0.2) is 13.2 Å². The summed E-state index contributed by atoms with van der Waals surface area (Å²) in [6.07, 6.45) is -0.584. The van der Waals surface area contributed by atoms with E-state index in [2.05, 4.69) is 18.5 Å². The molecule has 4 radical (unpaired) electrons. The molecule has 0 aliphatic rings. The molecule has 150 valence electrons. The minimum Gasteiger partial charge on any atom is -0.321 e. The fraction of sp³-hybridized carbons (Fsp3) is 1.00. The summed E-state index contributed by atoms with van der Waals surface area (Å²) in [7, 11) is 18.1. The fourth-order valence-electron chi connectivity index (χ4n) is 2.21. The van der Waals surface area contributed by atoms with Crippen LogP contribution in [0, 0.1) is 0 Å². The predicted octanol–water partition coefficient (Wildman–Crippen LogP) is 4.86. The van der Waals surface area contributed by atoms with Gasteiger partial charge in [-0.3, -0.25) is 4.39 Å². The zero-order valence-electron chi connectivity index (χ0n) is 15.1. The quantitative estimate of drug-likeness (QED) is 0.128. The molecule has 0 aliphatic heterocycles. The molecule has 0 amide bonds. The third-order valence-corrected chi connectivity index (χ3v) is 9.00. The Morgan fingerprint density at radius 2 is 1.31 bits per heavy atom. The Labute approximate surface area is 178 Å². The Balaban J connectivity index is 6.22. The smallest absolute Gasteiger partial charge is 0.290 e. The molecule has 0 saturated carbocycles. The summed E-state index contributed by atoms with van der Waals surface area (Å²) in [6.45, 7) is 5.06. The summed E-state index contributed by atoms with van der Waals surface area (Å²) in [5.74, 6) is 0. The zero-order chi connectivity index (χ0) is 21.6. The van der Waals surface area contributed by atoms with Gasteiger partial charge in [0.2, 0.25) is 0 Å². The van der Waals surface area contributed by atoms with Crippen molar-refractivity contribution in [2.24, 2.45) is 0 Å². The molecule has 9 unspecified atom stereocenters. The monoisotopic (exact) mass is 564 g/mol. The minimum absolute atomic E-state index is 0.0465. The van der Waals surface area contributed by atoms with E-state index < -0.39 is 42.7 Å². The van der Waals surface area contributed by atoms with Crippen LogP contribution in [-0.2, 0) is 4.74 Å². The van der Waals surface area contributed by atoms with Crippen molar-refractivity contribution in [3.63, 3.8) is 0 Å². The van der Waals surface area contributed by atoms with Crippen LogP contribution < -0.4 is 0 Å². The average Bonchev–Trinajstić information content (AvgIpc) is 2.34. The number of hydrogen-bond acceptors (Lipinski definition) is 1. The van der Waals surface area contributed by atoms with Crippen LogP contribution in [0.25, 0.3) is 0 Å². The van der Waals surface area contributed by atoms with Gasteiger partial charge in [0.05, 0.1) is 0 Å². The van der Waals surface area contributed by atoms with Crippen molar-refractivity contribution in [3.8, 4) is 0 Å². The van der Waals surface area contributed by atoms with Crippen molar-refractivity contribution >= 4 is 75.2 Å². The lowest BCUT2D eigenvalue weighted by atomic mass is 9.64. The lowest BCUT2D eigenvalue weighted by Crippen LogP contribution is -2.69. The first-order valence-corrected chi connectivity index (χ1v) is 11.0. The first-order valence-electron chi connectivity index (χ1n) is 7.58. The van der Waals surface area contributed by atoms with E-state index in [1.807, 2.05) is 9.24 Å². The van der Waals surface area contributed by atoms with Gasteiger partial charge in [-0.1, -0.05) is 31.8 Å². The number of alkyl halides is 6. The maximum absolute atomic E-state index is 15.3. The molecule has 0 fully saturated rings. The van der Waals surface area contributed by atoms with Gasteiger partial charge in [0.1, 0.15) is 32.3 Å². The molecule has 0 aromatic carbocycles. The normalized spacial score (nSPS) is 25.3. The Bertz CT molecular complexity index is 496. The first-order chi connectivity index (χ1) is 11.0. The van der Waals surface area contributed by atoms with Gasteiger partial charge in [-0.05, 0) is 49.8 Å². The molecule has 26 heavy (non-hydrogen) atoms. The van der Waals surface area contributed by atoms with Gasteiger partial charge < -0.3 is 4.74 Å². The van der Waals surface area contributed by atoms with Crippen LogP contribution >= 0.6 is 59.6 Å². The first kappa shape index (κ1) is 28.2. The molecule has 0 aliphatic carbocycles. The Morgan fingerprint density at radius 1 is 0.923 bits per heavy atom. The molecule has 9 atom stereocenters. The van der Waals surface area contributed by atoms with Crippen molar-refractivity contribution in [3.05, 3.63) is 0 Å². The molecule has 0 spiro atoms. The number of hydrogen-bond donors (Lipinski definition) is 0. The molecule has 0 heterocycles. The van der Waals surface area contributed by atoms with Gasteiger partial charge in [0, 0.05) is 4.90 Å². The Kier molecular flexibility index (Phi) is 9.08. The molecule has 1 nitrogen and oxygen atoms in total. The molecular formula is C13H24B2F5IOP4. The van der Waals surface area contributed by atoms with Gasteiger partial charge in [0.25, 0.3) is 3.86 Å². The molecule has 0 N–H and O–H groups in total. The summed E-state index contributed by atoms with van der Waals surface area (Å²) < 4.78 is 76.2. The van der Waals surface area contributed by atoms with E-state index in [0.717, 1.165) is 36.4 Å². The number of ether oxygens (including phenoxy) is 1. The van der Waals surface area contributed by atoms with Gasteiger partial charge in [-0.2, -0.15) is 4.39 Å². The molecule has 13 heteroatoms. The second-order valence-electron chi connectivity index (χ2n) is 7.15. The highest BCUT2D eigenvalue weighted by molar-refractivity contribution is 14.1. The lowest BCUT2D eigenvalue weighted by Gasteiger charge is -2.53. The maximum atomic E-state index is 15.3. The summed E-state index contributed by atoms with van der Waals surface area (Å²) in [5.41, 5.74) is -9.66. The highest BCUT2D eigenvalue weighted by atomic mass is 127. The van der Waals surface area contributed by atoms with Gasteiger partial charge in [0.15, 0.2) is 11.0 Å². The van der Waals surface area contributed by atoms with Crippen molar-refractivity contribution in [1.29, 1.82) is 0 Å². The molecule has 0 aromatic heterocycles. The van der Waals surface area contributed by atoms with Gasteiger partial charge >= 0.3 is 0 Å². The molecular weight excluding hydrogens is 540 g/mol. The number of halogens is 6. The topological polar surface area (TPSA) is 9.23 Å². The summed E-state index contributed by atoms with van der Waals surface area (Å²) in [5, 5.41) is -5.88. The second-order valence-corrected chi connectivity index (χ2v) is 13.2. The van der Waals surface area contributed by atoms with E-state index in [-0.39, 0.29) is 6.42 Å². The molecule has 0 saturated heterocycles. The van der Waals surface area contributed by atoms with Crippen LogP contribution in [0.15, 0.2) is 0 Å². The van der Waals surface area contributed by atoms with Crippen molar-refractivity contribution < 1.29 is 26.7 Å². The summed E-state index contributed by atoms with van der Waals surface area (Å²) >= 11 is 0.754. The van der Waals surface area contributed by atoms with E-state index in [4.69, 9.17) is 20.4 Å². The predicted molar refractivity (Wildman–Crippen MR) is 122 cm³/mol. The van der Waals surface area contributed by atoms with E-state index in [0.29, 0.717) is 0 Å². The largest absolute Gasteiger partial charge is 0.321 e. The highest BCUT2D eigenvalue weighted by Gasteiger charge is 2.70. The second kappa shape index (κ2) is 8.37. The van der Waals surface area contributed by atoms with Crippen LogP contribution in [0.3, 0.4) is 0 Å². The van der Waals surface area contributed by atoms with Crippen LogP contribution in [0.4, 0.5) is 22.0 Å². The van der Waals surface area contributed by atoms with Crippen molar-refractivity contribution in [1.82, 2.24) is 0 Å². The Morgan fingerprint density at radius 3 is 1.58 bits per heavy atom. The zero-order valence-corrected chi connectivity index (χ0v) is 21.8. The number of rotatable bonds is 9. The molecule has 0 bridgehead atoms. The Hall–Kier alpha value is 2.19. The van der Waals surface area contributed by atoms with E-state index in [1.165, 1.54) is 23.1 Å². The van der Waals surface area contributed by atoms with Gasteiger partial charge in [-0.15, -0.1) is 18.5 Å². The standard InChI is InChI=1S/C13H24B2F5IOP4/c1-5-6-9(14,17)11(19,25)10(15,18)13(20,21)22-12(26,7(2,3)16)8(4,23)24/h5-6,23-26H2,1-4H3. The third kappa shape index (κ3) is 5.08. The third-order valence-electron chi connectivity index (χ3n) is 4.14. The molecule has 0 rings (SSSR count). The highest BCUT2D eigenvalue weighted by Crippen LogP contribution is 2.60. The van der Waals surface area contributed by atoms with Crippen LogP contribution in [0.1, 0.15) is 40.5 Å². The van der Waals surface area contributed by atoms with Crippen LogP contribution in [0.5, 0.6) is 0 Å². The minimum atomic E-state index is -4.09. The van der Waals surface area contributed by atoms with Crippen molar-refractivity contribution in [2.45, 2.75) is 76.9 Å². The lowest BCUT2D eigenvalue weighted by molar-refractivity contribution is -0.222. The summed E-state index contributed by atoms with van der Waals surface area (Å²) in [4.78, 5) is -1.26. The van der Waals surface area contributed by atoms with E-state index >= 15 is 13.2 Å². The fourth-order valence-corrected chi connectivity index (χ4v) is 4.78. The van der Waals surface area contributed by atoms with E-state index in [9.17, 15) is 8.78 Å².